The quantitative estimate of drug-likeness (QED) is 0.763. The highest BCUT2D eigenvalue weighted by Crippen LogP contribution is 2.31. The molecule has 1 aliphatic carbocycles. The fourth-order valence-corrected chi connectivity index (χ4v) is 2.89. The zero-order valence-electron chi connectivity index (χ0n) is 11.2. The number of alkyl halides is 4. The molecule has 20 heavy (non-hydrogen) atoms. The first kappa shape index (κ1) is 15.4. The van der Waals surface area contributed by atoms with E-state index in [0.29, 0.717) is 18.2 Å². The Bertz CT molecular complexity index is 431. The highest BCUT2D eigenvalue weighted by atomic mass is 35.5. The summed E-state index contributed by atoms with van der Waals surface area (Å²) in [6.45, 7) is 0.528. The third kappa shape index (κ3) is 3.78. The van der Waals surface area contributed by atoms with Crippen LogP contribution in [0.3, 0.4) is 0 Å². The smallest absolute Gasteiger partial charge is 0.352 e. The number of hydrogen-bond donors (Lipinski definition) is 0. The van der Waals surface area contributed by atoms with E-state index in [1.54, 1.807) is 6.07 Å². The summed E-state index contributed by atoms with van der Waals surface area (Å²) in [5, 5.41) is 0. The SMILES string of the molecule is FC(F)(F)c1cccc(N(CCCl)C2CCCCC2)n1. The first-order valence-electron chi connectivity index (χ1n) is 6.89. The molecule has 1 saturated carbocycles. The molecule has 0 atom stereocenters. The zero-order valence-corrected chi connectivity index (χ0v) is 11.9. The summed E-state index contributed by atoms with van der Waals surface area (Å²) >= 11 is 5.80. The average Bonchev–Trinajstić information content (AvgIpc) is 2.45. The minimum absolute atomic E-state index is 0.249. The summed E-state index contributed by atoms with van der Waals surface area (Å²) in [5.74, 6) is 0.765. The van der Waals surface area contributed by atoms with Gasteiger partial charge in [-0.05, 0) is 25.0 Å². The van der Waals surface area contributed by atoms with Crippen molar-refractivity contribution >= 4 is 17.4 Å². The van der Waals surface area contributed by atoms with Crippen LogP contribution in [0.25, 0.3) is 0 Å². The van der Waals surface area contributed by atoms with E-state index in [0.717, 1.165) is 31.7 Å². The van der Waals surface area contributed by atoms with Crippen LogP contribution in [-0.4, -0.2) is 23.5 Å². The second kappa shape index (κ2) is 6.66. The van der Waals surface area contributed by atoms with Gasteiger partial charge in [0.15, 0.2) is 0 Å². The Balaban J connectivity index is 2.24. The number of aromatic nitrogens is 1. The van der Waals surface area contributed by atoms with Gasteiger partial charge in [0.05, 0.1) is 0 Å². The summed E-state index contributed by atoms with van der Waals surface area (Å²) in [6, 6.07) is 4.30. The molecule has 0 spiro atoms. The number of rotatable bonds is 4. The van der Waals surface area contributed by atoms with E-state index >= 15 is 0 Å². The number of hydrogen-bond acceptors (Lipinski definition) is 2. The van der Waals surface area contributed by atoms with Crippen molar-refractivity contribution in [1.29, 1.82) is 0 Å². The van der Waals surface area contributed by atoms with E-state index in [4.69, 9.17) is 11.6 Å². The summed E-state index contributed by atoms with van der Waals surface area (Å²) in [6.07, 6.45) is 1.00. The normalized spacial score (nSPS) is 17.2. The molecule has 6 heteroatoms. The van der Waals surface area contributed by atoms with E-state index in [9.17, 15) is 13.2 Å². The third-order valence-electron chi connectivity index (χ3n) is 3.66. The van der Waals surface area contributed by atoms with E-state index < -0.39 is 11.9 Å². The van der Waals surface area contributed by atoms with Crippen molar-refractivity contribution in [2.24, 2.45) is 0 Å². The average molecular weight is 307 g/mol. The lowest BCUT2D eigenvalue weighted by Gasteiger charge is -2.35. The highest BCUT2D eigenvalue weighted by Gasteiger charge is 2.33. The van der Waals surface area contributed by atoms with Crippen LogP contribution in [0.5, 0.6) is 0 Å². The Labute approximate surface area is 121 Å². The fraction of sp³-hybridized carbons (Fsp3) is 0.643. The minimum atomic E-state index is -4.41. The molecule has 0 unspecified atom stereocenters. The van der Waals surface area contributed by atoms with Gasteiger partial charge < -0.3 is 4.90 Å². The zero-order chi connectivity index (χ0) is 14.6. The predicted octanol–water partition coefficient (Wildman–Crippen LogP) is 4.48. The van der Waals surface area contributed by atoms with Crippen molar-refractivity contribution in [2.45, 2.75) is 44.3 Å². The maximum absolute atomic E-state index is 12.8. The molecule has 1 aromatic rings. The Morgan fingerprint density at radius 2 is 1.90 bits per heavy atom. The van der Waals surface area contributed by atoms with Crippen molar-refractivity contribution in [3.63, 3.8) is 0 Å². The number of pyridine rings is 1. The molecule has 0 aliphatic heterocycles. The summed E-state index contributed by atoms with van der Waals surface area (Å²) in [7, 11) is 0. The second-order valence-electron chi connectivity index (χ2n) is 5.05. The maximum atomic E-state index is 12.8. The number of anilines is 1. The summed E-state index contributed by atoms with van der Waals surface area (Å²) in [4.78, 5) is 5.71. The first-order chi connectivity index (χ1) is 9.52. The van der Waals surface area contributed by atoms with Gasteiger partial charge in [0.1, 0.15) is 11.5 Å². The molecule has 0 amide bonds. The van der Waals surface area contributed by atoms with Crippen LogP contribution in [0, 0.1) is 0 Å². The molecule has 2 rings (SSSR count). The molecule has 1 aromatic heterocycles. The molecule has 112 valence electrons. The third-order valence-corrected chi connectivity index (χ3v) is 3.83. The van der Waals surface area contributed by atoms with Crippen LogP contribution in [-0.2, 0) is 6.18 Å². The van der Waals surface area contributed by atoms with Gasteiger partial charge in [0.2, 0.25) is 0 Å². The maximum Gasteiger partial charge on any atom is 0.433 e. The van der Waals surface area contributed by atoms with Crippen molar-refractivity contribution < 1.29 is 13.2 Å². The van der Waals surface area contributed by atoms with Gasteiger partial charge in [-0.15, -0.1) is 11.6 Å². The van der Waals surface area contributed by atoms with Crippen molar-refractivity contribution in [3.8, 4) is 0 Å². The van der Waals surface area contributed by atoms with E-state index in [-0.39, 0.29) is 6.04 Å². The molecule has 0 aromatic carbocycles. The lowest BCUT2D eigenvalue weighted by atomic mass is 9.94. The summed E-state index contributed by atoms with van der Waals surface area (Å²) in [5.41, 5.74) is -0.842. The Kier molecular flexibility index (Phi) is 5.13. The highest BCUT2D eigenvalue weighted by molar-refractivity contribution is 6.18. The van der Waals surface area contributed by atoms with E-state index in [1.807, 2.05) is 4.90 Å². The Hall–Kier alpha value is -0.970. The molecule has 0 saturated heterocycles. The molecule has 0 N–H and O–H groups in total. The van der Waals surface area contributed by atoms with E-state index in [2.05, 4.69) is 4.98 Å². The van der Waals surface area contributed by atoms with Crippen LogP contribution in [0.2, 0.25) is 0 Å². The van der Waals surface area contributed by atoms with Crippen molar-refractivity contribution in [1.82, 2.24) is 4.98 Å². The van der Waals surface area contributed by atoms with Crippen molar-refractivity contribution in [2.75, 3.05) is 17.3 Å². The van der Waals surface area contributed by atoms with Gasteiger partial charge in [-0.2, -0.15) is 13.2 Å². The van der Waals surface area contributed by atoms with Crippen LogP contribution < -0.4 is 4.90 Å². The van der Waals surface area contributed by atoms with Crippen LogP contribution in [0.1, 0.15) is 37.8 Å². The van der Waals surface area contributed by atoms with Gasteiger partial charge >= 0.3 is 6.18 Å². The second-order valence-corrected chi connectivity index (χ2v) is 5.43. The molecule has 0 bridgehead atoms. The standard InChI is InChI=1S/C14H18ClF3N2/c15-9-10-20(11-5-2-1-3-6-11)13-8-4-7-12(19-13)14(16,17)18/h4,7-8,11H,1-3,5-6,9-10H2. The van der Waals surface area contributed by atoms with Gasteiger partial charge in [-0.1, -0.05) is 25.3 Å². The fourth-order valence-electron chi connectivity index (χ4n) is 2.71. The molecule has 1 aliphatic rings. The topological polar surface area (TPSA) is 16.1 Å². The molecular weight excluding hydrogens is 289 g/mol. The monoisotopic (exact) mass is 306 g/mol. The summed E-state index contributed by atoms with van der Waals surface area (Å²) < 4.78 is 38.3. The number of nitrogens with zero attached hydrogens (tertiary/aromatic N) is 2. The van der Waals surface area contributed by atoms with Crippen LogP contribution >= 0.6 is 11.6 Å². The lowest BCUT2D eigenvalue weighted by Crippen LogP contribution is -2.39. The molecule has 0 radical (unpaired) electrons. The van der Waals surface area contributed by atoms with Crippen LogP contribution in [0.4, 0.5) is 19.0 Å². The van der Waals surface area contributed by atoms with E-state index in [1.165, 1.54) is 12.5 Å². The Morgan fingerprint density at radius 1 is 1.20 bits per heavy atom. The van der Waals surface area contributed by atoms with Gasteiger partial charge in [-0.3, -0.25) is 0 Å². The number of halogens is 4. The molecule has 1 fully saturated rings. The Morgan fingerprint density at radius 3 is 2.50 bits per heavy atom. The molecule has 1 heterocycles. The minimum Gasteiger partial charge on any atom is -0.352 e. The predicted molar refractivity (Wildman–Crippen MR) is 74.2 cm³/mol. The van der Waals surface area contributed by atoms with Gasteiger partial charge in [0, 0.05) is 18.5 Å². The largest absolute Gasteiger partial charge is 0.433 e. The molecular formula is C14H18ClF3N2. The van der Waals surface area contributed by atoms with Gasteiger partial charge in [0.25, 0.3) is 0 Å². The van der Waals surface area contributed by atoms with Crippen molar-refractivity contribution in [3.05, 3.63) is 23.9 Å². The van der Waals surface area contributed by atoms with Crippen LogP contribution in [0.15, 0.2) is 18.2 Å². The van der Waals surface area contributed by atoms with Gasteiger partial charge in [-0.25, -0.2) is 4.98 Å². The molecule has 2 nitrogen and oxygen atoms in total. The first-order valence-corrected chi connectivity index (χ1v) is 7.42. The lowest BCUT2D eigenvalue weighted by molar-refractivity contribution is -0.141.